The lowest BCUT2D eigenvalue weighted by Gasteiger charge is -2.17. The van der Waals surface area contributed by atoms with Crippen LogP contribution in [0.3, 0.4) is 0 Å². The predicted molar refractivity (Wildman–Crippen MR) is 166 cm³/mol. The first-order valence-electron chi connectivity index (χ1n) is 12.4. The first-order valence-corrected chi connectivity index (χ1v) is 14.8. The van der Waals surface area contributed by atoms with E-state index < -0.39 is 4.92 Å². The minimum absolute atomic E-state index is 0.00311. The van der Waals surface area contributed by atoms with Crippen LogP contribution in [0.25, 0.3) is 10.9 Å². The molecule has 1 heterocycles. The summed E-state index contributed by atoms with van der Waals surface area (Å²) in [4.78, 5) is 28.9. The first-order chi connectivity index (χ1) is 19.1. The van der Waals surface area contributed by atoms with Crippen LogP contribution < -0.4 is 15.0 Å². The lowest BCUT2D eigenvalue weighted by atomic mass is 10.1. The Kier molecular flexibility index (Phi) is 9.75. The molecule has 4 aromatic rings. The summed E-state index contributed by atoms with van der Waals surface area (Å²) in [6, 6.07) is 13.4. The molecule has 0 fully saturated rings. The Hall–Kier alpha value is -3.09. The van der Waals surface area contributed by atoms with Crippen LogP contribution in [0.1, 0.15) is 50.1 Å². The molecule has 0 N–H and O–H groups in total. The van der Waals surface area contributed by atoms with E-state index >= 15 is 0 Å². The van der Waals surface area contributed by atoms with Crippen LogP contribution in [0, 0.1) is 10.1 Å². The van der Waals surface area contributed by atoms with Gasteiger partial charge >= 0.3 is 0 Å². The van der Waals surface area contributed by atoms with Gasteiger partial charge in [-0.05, 0) is 75.0 Å². The molecule has 1 aromatic heterocycles. The van der Waals surface area contributed by atoms with E-state index in [4.69, 9.17) is 14.5 Å². The van der Waals surface area contributed by atoms with E-state index in [1.807, 2.05) is 32.9 Å². The number of nitro groups is 1. The molecule has 9 nitrogen and oxygen atoms in total. The van der Waals surface area contributed by atoms with Crippen LogP contribution >= 0.6 is 47.8 Å². The molecule has 0 radical (unpaired) electrons. The van der Waals surface area contributed by atoms with Crippen molar-refractivity contribution in [2.75, 3.05) is 6.61 Å². The van der Waals surface area contributed by atoms with Gasteiger partial charge in [-0.2, -0.15) is 9.78 Å². The Morgan fingerprint density at radius 3 is 2.58 bits per heavy atom. The lowest BCUT2D eigenvalue weighted by molar-refractivity contribution is -0.384. The molecular formula is C28H25Br3N4O5. The average molecular weight is 737 g/mol. The zero-order valence-corrected chi connectivity index (χ0v) is 26.6. The second kappa shape index (κ2) is 13.0. The van der Waals surface area contributed by atoms with Gasteiger partial charge in [-0.25, -0.2) is 4.98 Å². The Balaban J connectivity index is 1.75. The van der Waals surface area contributed by atoms with Crippen LogP contribution in [0.4, 0.5) is 5.69 Å². The molecule has 0 aliphatic heterocycles. The summed E-state index contributed by atoms with van der Waals surface area (Å²) < 4.78 is 15.2. The van der Waals surface area contributed by atoms with Crippen molar-refractivity contribution in [1.82, 2.24) is 9.66 Å². The molecule has 0 aliphatic rings. The van der Waals surface area contributed by atoms with Gasteiger partial charge in [0.15, 0.2) is 11.5 Å². The molecule has 0 amide bonds. The van der Waals surface area contributed by atoms with Gasteiger partial charge in [-0.15, -0.1) is 0 Å². The SMILES string of the molecule is CCOc1cc(C=Nn2c([C@H](C)CC)nc3ccc(Br)cc3c2=O)c(Br)c(Br)c1OCc1cccc([N+](=O)[O-])c1. The van der Waals surface area contributed by atoms with Crippen LogP contribution in [-0.4, -0.2) is 27.4 Å². The predicted octanol–water partition coefficient (Wildman–Crippen LogP) is 7.97. The fourth-order valence-corrected chi connectivity index (χ4v) is 5.21. The van der Waals surface area contributed by atoms with E-state index in [-0.39, 0.29) is 23.8 Å². The second-order valence-corrected chi connectivity index (χ2v) is 11.4. The number of nitro benzene ring substituents is 1. The van der Waals surface area contributed by atoms with Gasteiger partial charge in [0.2, 0.25) is 0 Å². The van der Waals surface area contributed by atoms with Crippen molar-refractivity contribution in [3.63, 3.8) is 0 Å². The number of hydrogen-bond acceptors (Lipinski definition) is 7. The maximum Gasteiger partial charge on any atom is 0.282 e. The molecule has 40 heavy (non-hydrogen) atoms. The molecule has 1 atom stereocenters. The third-order valence-electron chi connectivity index (χ3n) is 6.16. The first kappa shape index (κ1) is 29.9. The molecule has 0 bridgehead atoms. The van der Waals surface area contributed by atoms with Gasteiger partial charge in [0, 0.05) is 32.6 Å². The quantitative estimate of drug-likeness (QED) is 0.0929. The highest BCUT2D eigenvalue weighted by Gasteiger charge is 2.19. The molecule has 0 saturated heterocycles. The Labute approximate surface area is 255 Å². The number of aromatic nitrogens is 2. The van der Waals surface area contributed by atoms with Crippen LogP contribution in [0.5, 0.6) is 11.5 Å². The fraction of sp³-hybridized carbons (Fsp3) is 0.250. The van der Waals surface area contributed by atoms with Crippen molar-refractivity contribution in [3.8, 4) is 11.5 Å². The second-order valence-electron chi connectivity index (χ2n) is 8.87. The maximum absolute atomic E-state index is 13.5. The third kappa shape index (κ3) is 6.45. The van der Waals surface area contributed by atoms with Gasteiger partial charge in [0.25, 0.3) is 11.2 Å². The van der Waals surface area contributed by atoms with Gasteiger partial charge in [-0.1, -0.05) is 41.9 Å². The normalized spacial score (nSPS) is 12.2. The summed E-state index contributed by atoms with van der Waals surface area (Å²) in [6.45, 7) is 6.35. The molecule has 0 spiro atoms. The number of hydrogen-bond donors (Lipinski definition) is 0. The van der Waals surface area contributed by atoms with E-state index in [9.17, 15) is 14.9 Å². The average Bonchev–Trinajstić information content (AvgIpc) is 2.94. The molecule has 208 valence electrons. The molecule has 12 heteroatoms. The summed E-state index contributed by atoms with van der Waals surface area (Å²) in [5.74, 6) is 1.43. The highest BCUT2D eigenvalue weighted by Crippen LogP contribution is 2.43. The van der Waals surface area contributed by atoms with Crippen molar-refractivity contribution >= 4 is 70.6 Å². The Morgan fingerprint density at radius 1 is 1.10 bits per heavy atom. The Bertz CT molecular complexity index is 1670. The number of halogens is 3. The summed E-state index contributed by atoms with van der Waals surface area (Å²) in [7, 11) is 0. The van der Waals surface area contributed by atoms with Gasteiger partial charge in [0.1, 0.15) is 12.4 Å². The molecule has 0 aliphatic carbocycles. The van der Waals surface area contributed by atoms with Crippen molar-refractivity contribution < 1.29 is 14.4 Å². The molecule has 3 aromatic carbocycles. The van der Waals surface area contributed by atoms with E-state index in [1.165, 1.54) is 16.8 Å². The maximum atomic E-state index is 13.5. The molecule has 4 rings (SSSR count). The third-order valence-corrected chi connectivity index (χ3v) is 8.80. The topological polar surface area (TPSA) is 109 Å². The smallest absolute Gasteiger partial charge is 0.282 e. The van der Waals surface area contributed by atoms with Crippen LogP contribution in [0.2, 0.25) is 0 Å². The molecule has 0 unspecified atom stereocenters. The monoisotopic (exact) mass is 734 g/mol. The zero-order chi connectivity index (χ0) is 29.0. The highest BCUT2D eigenvalue weighted by molar-refractivity contribution is 9.13. The lowest BCUT2D eigenvalue weighted by Crippen LogP contribution is -2.23. The Morgan fingerprint density at radius 2 is 1.88 bits per heavy atom. The number of ether oxygens (including phenoxy) is 2. The largest absolute Gasteiger partial charge is 0.490 e. The summed E-state index contributed by atoms with van der Waals surface area (Å²) in [6.07, 6.45) is 2.35. The van der Waals surface area contributed by atoms with Crippen LogP contribution in [0.15, 0.2) is 71.8 Å². The number of benzene rings is 3. The van der Waals surface area contributed by atoms with Gasteiger partial charge < -0.3 is 9.47 Å². The number of nitrogens with zero attached hydrogens (tertiary/aromatic N) is 4. The van der Waals surface area contributed by atoms with E-state index in [0.29, 0.717) is 54.9 Å². The minimum Gasteiger partial charge on any atom is -0.490 e. The van der Waals surface area contributed by atoms with Gasteiger partial charge in [-0.3, -0.25) is 14.9 Å². The van der Waals surface area contributed by atoms with Crippen molar-refractivity contribution in [1.29, 1.82) is 0 Å². The van der Waals surface area contributed by atoms with Crippen molar-refractivity contribution in [2.24, 2.45) is 5.10 Å². The van der Waals surface area contributed by atoms with Gasteiger partial charge in [0.05, 0.1) is 33.1 Å². The van der Waals surface area contributed by atoms with E-state index in [2.05, 4.69) is 52.9 Å². The van der Waals surface area contributed by atoms with E-state index in [1.54, 1.807) is 30.5 Å². The summed E-state index contributed by atoms with van der Waals surface area (Å²) in [5, 5.41) is 16.2. The van der Waals surface area contributed by atoms with E-state index in [0.717, 1.165) is 10.9 Å². The minimum atomic E-state index is -0.447. The zero-order valence-electron chi connectivity index (χ0n) is 21.9. The summed E-state index contributed by atoms with van der Waals surface area (Å²) >= 11 is 10.6. The standard InChI is InChI=1S/C28H25Br3N4O5/c1-4-16(3)27-33-22-10-9-19(29)13-21(22)28(36)34(27)32-14-18-12-23(39-5-2)26(25(31)24(18)30)40-15-17-7-6-8-20(11-17)35(37)38/h6-14,16H,4-5,15H2,1-3H3/t16-/m1/s1. The summed E-state index contributed by atoms with van der Waals surface area (Å²) in [5.41, 5.74) is 1.60. The molecular weight excluding hydrogens is 712 g/mol. The number of fused-ring (bicyclic) bond motifs is 1. The number of non-ortho nitro benzene ring substituents is 1. The van der Waals surface area contributed by atoms with Crippen molar-refractivity contribution in [3.05, 3.63) is 99.4 Å². The fourth-order valence-electron chi connectivity index (χ4n) is 3.91. The van der Waals surface area contributed by atoms with Crippen LogP contribution in [-0.2, 0) is 6.61 Å². The van der Waals surface area contributed by atoms with Crippen molar-refractivity contribution in [2.45, 2.75) is 39.7 Å². The molecule has 0 saturated carbocycles. The number of rotatable bonds is 10. The highest BCUT2D eigenvalue weighted by atomic mass is 79.9.